The van der Waals surface area contributed by atoms with E-state index < -0.39 is 17.7 Å². The van der Waals surface area contributed by atoms with Crippen LogP contribution in [-0.2, 0) is 14.3 Å². The lowest BCUT2D eigenvalue weighted by atomic mass is 9.94. The molecule has 0 spiro atoms. The molecule has 2 fully saturated rings. The van der Waals surface area contributed by atoms with Crippen molar-refractivity contribution in [2.45, 2.75) is 19.4 Å². The van der Waals surface area contributed by atoms with E-state index in [1.54, 1.807) is 29.2 Å². The zero-order valence-electron chi connectivity index (χ0n) is 17.8. The van der Waals surface area contributed by atoms with E-state index in [1.807, 2.05) is 37.3 Å². The molecule has 2 saturated heterocycles. The van der Waals surface area contributed by atoms with Crippen molar-refractivity contribution in [3.63, 3.8) is 0 Å². The molecule has 0 radical (unpaired) electrons. The quantitative estimate of drug-likeness (QED) is 0.442. The van der Waals surface area contributed by atoms with Gasteiger partial charge in [-0.25, -0.2) is 0 Å². The van der Waals surface area contributed by atoms with Crippen LogP contribution in [0.1, 0.15) is 29.2 Å². The number of carbonyl (C=O) groups is 2. The third kappa shape index (κ3) is 4.55. The third-order valence-electron chi connectivity index (χ3n) is 5.96. The van der Waals surface area contributed by atoms with Crippen LogP contribution in [0.15, 0.2) is 60.2 Å². The molecular weight excluding hydrogens is 392 g/mol. The average molecular weight is 421 g/mol. The highest BCUT2D eigenvalue weighted by molar-refractivity contribution is 6.46. The lowest BCUT2D eigenvalue weighted by Gasteiger charge is -2.29. The monoisotopic (exact) mass is 420 g/mol. The Kier molecular flexibility index (Phi) is 6.49. The molecule has 162 valence electrons. The van der Waals surface area contributed by atoms with Gasteiger partial charge in [-0.2, -0.15) is 0 Å². The van der Waals surface area contributed by atoms with Crippen LogP contribution in [0.3, 0.4) is 0 Å². The molecule has 6 nitrogen and oxygen atoms in total. The van der Waals surface area contributed by atoms with Crippen molar-refractivity contribution < 1.29 is 19.4 Å². The van der Waals surface area contributed by atoms with Gasteiger partial charge in [0.2, 0.25) is 0 Å². The number of Topliss-reactive ketones (excluding diaryl/α,β-unsaturated/α-hetero) is 1. The first-order valence-electron chi connectivity index (χ1n) is 10.8. The SMILES string of the molecule is Cc1ccc([C@H]2/C(=C(\O)c3ccccc3)C(=O)C(=O)N2CCCN2CCOCC2)cc1. The van der Waals surface area contributed by atoms with Gasteiger partial charge in [0.15, 0.2) is 0 Å². The van der Waals surface area contributed by atoms with Crippen molar-refractivity contribution in [1.29, 1.82) is 0 Å². The highest BCUT2D eigenvalue weighted by Crippen LogP contribution is 2.39. The Hall–Kier alpha value is -2.96. The maximum absolute atomic E-state index is 13.0. The van der Waals surface area contributed by atoms with Crippen molar-refractivity contribution in [3.8, 4) is 0 Å². The highest BCUT2D eigenvalue weighted by Gasteiger charge is 2.45. The van der Waals surface area contributed by atoms with Crippen molar-refractivity contribution in [1.82, 2.24) is 9.80 Å². The van der Waals surface area contributed by atoms with Gasteiger partial charge >= 0.3 is 0 Å². The molecule has 31 heavy (non-hydrogen) atoms. The van der Waals surface area contributed by atoms with Crippen LogP contribution in [0.4, 0.5) is 0 Å². The van der Waals surface area contributed by atoms with Crippen molar-refractivity contribution in [2.24, 2.45) is 0 Å². The predicted octanol–water partition coefficient (Wildman–Crippen LogP) is 3.14. The minimum atomic E-state index is -0.627. The number of amides is 1. The lowest BCUT2D eigenvalue weighted by molar-refractivity contribution is -0.140. The molecule has 2 aromatic carbocycles. The fourth-order valence-corrected chi connectivity index (χ4v) is 4.25. The summed E-state index contributed by atoms with van der Waals surface area (Å²) in [7, 11) is 0. The molecule has 2 aliphatic rings. The topological polar surface area (TPSA) is 70.1 Å². The average Bonchev–Trinajstić information content (AvgIpc) is 3.05. The maximum atomic E-state index is 13.0. The molecule has 2 aliphatic heterocycles. The Morgan fingerprint density at radius 2 is 1.68 bits per heavy atom. The van der Waals surface area contributed by atoms with Gasteiger partial charge in [-0.15, -0.1) is 0 Å². The largest absolute Gasteiger partial charge is 0.507 e. The fourth-order valence-electron chi connectivity index (χ4n) is 4.25. The zero-order chi connectivity index (χ0) is 21.8. The van der Waals surface area contributed by atoms with Crippen LogP contribution in [0.5, 0.6) is 0 Å². The number of nitrogens with zero attached hydrogens (tertiary/aromatic N) is 2. The zero-order valence-corrected chi connectivity index (χ0v) is 17.8. The normalized spacial score (nSPS) is 21.6. The first-order valence-corrected chi connectivity index (χ1v) is 10.8. The summed E-state index contributed by atoms with van der Waals surface area (Å²) in [6.45, 7) is 6.50. The third-order valence-corrected chi connectivity index (χ3v) is 5.96. The first-order chi connectivity index (χ1) is 15.1. The number of morpholine rings is 1. The fraction of sp³-hybridized carbons (Fsp3) is 0.360. The number of carbonyl (C=O) groups excluding carboxylic acids is 2. The molecule has 1 amide bonds. The molecule has 0 bridgehead atoms. The second-order valence-electron chi connectivity index (χ2n) is 8.08. The summed E-state index contributed by atoms with van der Waals surface area (Å²) >= 11 is 0. The van der Waals surface area contributed by atoms with Crippen molar-refractivity contribution in [3.05, 3.63) is 76.9 Å². The summed E-state index contributed by atoms with van der Waals surface area (Å²) < 4.78 is 5.39. The van der Waals surface area contributed by atoms with Crippen molar-refractivity contribution >= 4 is 17.4 Å². The van der Waals surface area contributed by atoms with Gasteiger partial charge in [-0.3, -0.25) is 14.5 Å². The summed E-state index contributed by atoms with van der Waals surface area (Å²) in [5, 5.41) is 11.0. The standard InChI is InChI=1S/C25H28N2O4/c1-18-8-10-19(11-9-18)22-21(23(28)20-6-3-2-4-7-20)24(29)25(30)27(22)13-5-12-26-14-16-31-17-15-26/h2-4,6-11,22,28H,5,12-17H2,1H3/b23-21+/t22-/m0/s1. The number of aliphatic hydroxyl groups is 1. The second-order valence-corrected chi connectivity index (χ2v) is 8.08. The Balaban J connectivity index is 1.65. The summed E-state index contributed by atoms with van der Waals surface area (Å²) in [4.78, 5) is 29.9. The maximum Gasteiger partial charge on any atom is 0.295 e. The van der Waals surface area contributed by atoms with Crippen LogP contribution in [-0.4, -0.2) is 66.0 Å². The second kappa shape index (κ2) is 9.45. The van der Waals surface area contributed by atoms with E-state index in [0.717, 1.165) is 50.4 Å². The van der Waals surface area contributed by atoms with E-state index in [9.17, 15) is 14.7 Å². The van der Waals surface area contributed by atoms with Crippen LogP contribution in [0.25, 0.3) is 5.76 Å². The van der Waals surface area contributed by atoms with Crippen LogP contribution in [0.2, 0.25) is 0 Å². The summed E-state index contributed by atoms with van der Waals surface area (Å²) in [5.74, 6) is -1.30. The first kappa shape index (κ1) is 21.3. The van der Waals surface area contributed by atoms with Gasteiger partial charge in [0.1, 0.15) is 5.76 Å². The summed E-state index contributed by atoms with van der Waals surface area (Å²) in [6.07, 6.45) is 0.751. The van der Waals surface area contributed by atoms with Gasteiger partial charge in [-0.1, -0.05) is 60.2 Å². The summed E-state index contributed by atoms with van der Waals surface area (Å²) in [5.41, 5.74) is 2.61. The Bertz CT molecular complexity index is 963. The van der Waals surface area contributed by atoms with Gasteiger partial charge in [0.25, 0.3) is 11.7 Å². The van der Waals surface area contributed by atoms with Crippen molar-refractivity contribution in [2.75, 3.05) is 39.4 Å². The van der Waals surface area contributed by atoms with Crippen LogP contribution in [0, 0.1) is 6.92 Å². The molecule has 1 N–H and O–H groups in total. The van der Waals surface area contributed by atoms with Gasteiger partial charge in [-0.05, 0) is 18.9 Å². The lowest BCUT2D eigenvalue weighted by Crippen LogP contribution is -2.38. The van der Waals surface area contributed by atoms with Gasteiger partial charge in [0, 0.05) is 31.7 Å². The smallest absolute Gasteiger partial charge is 0.295 e. The number of hydrogen-bond acceptors (Lipinski definition) is 5. The van der Waals surface area contributed by atoms with E-state index in [0.29, 0.717) is 12.1 Å². The molecule has 2 aromatic rings. The molecular formula is C25H28N2O4. The number of benzene rings is 2. The van der Waals surface area contributed by atoms with E-state index >= 15 is 0 Å². The van der Waals surface area contributed by atoms with Crippen LogP contribution >= 0.6 is 0 Å². The molecule has 2 heterocycles. The number of aliphatic hydroxyl groups excluding tert-OH is 1. The van der Waals surface area contributed by atoms with Gasteiger partial charge in [0.05, 0.1) is 24.8 Å². The minimum Gasteiger partial charge on any atom is -0.507 e. The number of ether oxygens (including phenoxy) is 1. The number of likely N-dealkylation sites (tertiary alicyclic amines) is 1. The van der Waals surface area contributed by atoms with E-state index in [-0.39, 0.29) is 11.3 Å². The Labute approximate surface area is 182 Å². The molecule has 0 saturated carbocycles. The Morgan fingerprint density at radius 3 is 2.35 bits per heavy atom. The molecule has 0 aliphatic carbocycles. The van der Waals surface area contributed by atoms with Gasteiger partial charge < -0.3 is 14.7 Å². The molecule has 4 rings (SSSR count). The molecule has 1 atom stereocenters. The van der Waals surface area contributed by atoms with E-state index in [2.05, 4.69) is 4.90 Å². The summed E-state index contributed by atoms with van der Waals surface area (Å²) in [6, 6.07) is 16.1. The Morgan fingerprint density at radius 1 is 1.00 bits per heavy atom. The highest BCUT2D eigenvalue weighted by atomic mass is 16.5. The minimum absolute atomic E-state index is 0.125. The number of rotatable bonds is 6. The number of ketones is 1. The number of hydrogen-bond donors (Lipinski definition) is 1. The number of aryl methyl sites for hydroxylation is 1. The van der Waals surface area contributed by atoms with E-state index in [4.69, 9.17) is 4.74 Å². The predicted molar refractivity (Wildman–Crippen MR) is 119 cm³/mol. The molecule has 0 aromatic heterocycles. The molecule has 6 heteroatoms. The van der Waals surface area contributed by atoms with E-state index in [1.165, 1.54) is 0 Å². The van der Waals surface area contributed by atoms with Crippen LogP contribution < -0.4 is 0 Å². The molecule has 0 unspecified atom stereocenters.